The first kappa shape index (κ1) is 26.7. The fourth-order valence-corrected chi connectivity index (χ4v) is 5.51. The van der Waals surface area contributed by atoms with Crippen LogP contribution in [0, 0.1) is 35.1 Å². The zero-order chi connectivity index (χ0) is 25.7. The summed E-state index contributed by atoms with van der Waals surface area (Å²) in [5, 5.41) is 0. The van der Waals surface area contributed by atoms with Gasteiger partial charge in [-0.1, -0.05) is 24.3 Å². The van der Waals surface area contributed by atoms with Crippen LogP contribution in [0.4, 0.5) is 17.6 Å². The van der Waals surface area contributed by atoms with Gasteiger partial charge >= 0.3 is 0 Å². The monoisotopic (exact) mass is 506 g/mol. The molecule has 0 radical (unpaired) electrons. The molecular weight excluding hydrogens is 472 g/mol. The van der Waals surface area contributed by atoms with Crippen LogP contribution >= 0.6 is 0 Å². The lowest BCUT2D eigenvalue weighted by Gasteiger charge is -2.37. The minimum Gasteiger partial charge on any atom is -0.491 e. The van der Waals surface area contributed by atoms with Crippen LogP contribution in [0.3, 0.4) is 0 Å². The third-order valence-electron chi connectivity index (χ3n) is 7.51. The summed E-state index contributed by atoms with van der Waals surface area (Å²) in [4.78, 5) is 0. The van der Waals surface area contributed by atoms with Gasteiger partial charge in [0.15, 0.2) is 29.5 Å². The summed E-state index contributed by atoms with van der Waals surface area (Å²) in [5.41, 5.74) is -0.318. The molecule has 36 heavy (non-hydrogen) atoms. The number of halogens is 4. The van der Waals surface area contributed by atoms with Crippen molar-refractivity contribution in [3.05, 3.63) is 65.2 Å². The second kappa shape index (κ2) is 12.2. The zero-order valence-corrected chi connectivity index (χ0v) is 20.9. The van der Waals surface area contributed by atoms with Crippen molar-refractivity contribution in [2.45, 2.75) is 64.6 Å². The molecule has 0 amide bonds. The number of allylic oxidation sites excluding steroid dienone is 1. The molecule has 0 spiro atoms. The SMILES string of the molecule is C/C=C/COC1CC[C@@H](C2CCC(c3ccc(-c4ccc(OCC)c(F)c4F)c(F)c3F)CC2)CO1. The molecule has 0 N–H and O–H groups in total. The van der Waals surface area contributed by atoms with Crippen molar-refractivity contribution in [2.75, 3.05) is 19.8 Å². The van der Waals surface area contributed by atoms with E-state index in [-0.39, 0.29) is 35.7 Å². The number of ether oxygens (including phenoxy) is 3. The van der Waals surface area contributed by atoms with E-state index in [1.807, 2.05) is 19.1 Å². The van der Waals surface area contributed by atoms with Gasteiger partial charge in [0.05, 0.1) is 19.8 Å². The van der Waals surface area contributed by atoms with Crippen LogP contribution in [-0.4, -0.2) is 26.1 Å². The lowest BCUT2D eigenvalue weighted by atomic mass is 9.72. The standard InChI is InChI=1S/C29H34F4O3/c1-3-5-16-35-25-15-10-20(17-36-25)18-6-8-19(9-7-18)21-11-12-22(27(31)26(21)30)23-13-14-24(34-4-2)29(33)28(23)32/h3,5,11-14,18-20,25H,4,6-10,15-17H2,1-2H3/b5-3+/t18?,19?,20-,25?/m1/s1. The molecule has 2 fully saturated rings. The first-order chi connectivity index (χ1) is 17.4. The smallest absolute Gasteiger partial charge is 0.201 e. The summed E-state index contributed by atoms with van der Waals surface area (Å²) in [6.07, 6.45) is 9.01. The van der Waals surface area contributed by atoms with E-state index in [0.29, 0.717) is 30.6 Å². The van der Waals surface area contributed by atoms with Crippen LogP contribution < -0.4 is 4.74 Å². The molecule has 3 nitrogen and oxygen atoms in total. The van der Waals surface area contributed by atoms with Gasteiger partial charge < -0.3 is 14.2 Å². The normalized spacial score (nSPS) is 24.8. The Balaban J connectivity index is 1.39. The van der Waals surface area contributed by atoms with Gasteiger partial charge in [-0.2, -0.15) is 4.39 Å². The summed E-state index contributed by atoms with van der Waals surface area (Å²) < 4.78 is 75.7. The highest BCUT2D eigenvalue weighted by molar-refractivity contribution is 5.66. The highest BCUT2D eigenvalue weighted by Gasteiger charge is 2.33. The predicted octanol–water partition coefficient (Wildman–Crippen LogP) is 7.93. The van der Waals surface area contributed by atoms with Gasteiger partial charge in [0.25, 0.3) is 0 Å². The average Bonchev–Trinajstić information content (AvgIpc) is 2.90. The topological polar surface area (TPSA) is 27.7 Å². The Hall–Kier alpha value is -2.38. The van der Waals surface area contributed by atoms with E-state index in [2.05, 4.69) is 0 Å². The maximum atomic E-state index is 15.1. The molecule has 2 aliphatic rings. The van der Waals surface area contributed by atoms with E-state index in [1.165, 1.54) is 24.3 Å². The predicted molar refractivity (Wildman–Crippen MR) is 131 cm³/mol. The molecule has 7 heteroatoms. The number of benzene rings is 2. The fourth-order valence-electron chi connectivity index (χ4n) is 5.51. The molecule has 196 valence electrons. The number of rotatable bonds is 8. The minimum atomic E-state index is -1.25. The van der Waals surface area contributed by atoms with Crippen LogP contribution in [0.5, 0.6) is 5.75 Å². The van der Waals surface area contributed by atoms with Crippen molar-refractivity contribution in [1.29, 1.82) is 0 Å². The Morgan fingerprint density at radius 3 is 2.14 bits per heavy atom. The molecule has 1 aliphatic carbocycles. The minimum absolute atomic E-state index is 0.104. The molecule has 1 heterocycles. The van der Waals surface area contributed by atoms with Crippen molar-refractivity contribution in [3.8, 4) is 16.9 Å². The Kier molecular flexibility index (Phi) is 9.07. The molecule has 1 saturated carbocycles. The highest BCUT2D eigenvalue weighted by Crippen LogP contribution is 2.43. The largest absolute Gasteiger partial charge is 0.491 e. The van der Waals surface area contributed by atoms with Crippen LogP contribution in [0.25, 0.3) is 11.1 Å². The van der Waals surface area contributed by atoms with Gasteiger partial charge in [-0.25, -0.2) is 13.2 Å². The Morgan fingerprint density at radius 1 is 0.833 bits per heavy atom. The number of hydrogen-bond donors (Lipinski definition) is 0. The summed E-state index contributed by atoms with van der Waals surface area (Å²) >= 11 is 0. The lowest BCUT2D eigenvalue weighted by Crippen LogP contribution is -2.33. The van der Waals surface area contributed by atoms with Gasteiger partial charge in [-0.3, -0.25) is 0 Å². The molecule has 0 aromatic heterocycles. The van der Waals surface area contributed by atoms with Crippen LogP contribution in [0.1, 0.15) is 63.9 Å². The van der Waals surface area contributed by atoms with Crippen molar-refractivity contribution in [2.24, 2.45) is 11.8 Å². The maximum Gasteiger partial charge on any atom is 0.201 e. The first-order valence-corrected chi connectivity index (χ1v) is 12.9. The zero-order valence-electron chi connectivity index (χ0n) is 20.9. The van der Waals surface area contributed by atoms with E-state index in [0.717, 1.165) is 38.5 Å². The van der Waals surface area contributed by atoms with E-state index in [9.17, 15) is 8.78 Å². The molecule has 2 aromatic rings. The van der Waals surface area contributed by atoms with Crippen LogP contribution in [0.2, 0.25) is 0 Å². The van der Waals surface area contributed by atoms with Crippen LogP contribution in [-0.2, 0) is 9.47 Å². The Labute approximate surface area is 210 Å². The molecule has 2 atom stereocenters. The molecule has 4 rings (SSSR count). The summed E-state index contributed by atoms with van der Waals surface area (Å²) in [7, 11) is 0. The van der Waals surface area contributed by atoms with Crippen molar-refractivity contribution in [1.82, 2.24) is 0 Å². The molecular formula is C29H34F4O3. The van der Waals surface area contributed by atoms with E-state index in [4.69, 9.17) is 14.2 Å². The van der Waals surface area contributed by atoms with Gasteiger partial charge in [0, 0.05) is 11.1 Å². The van der Waals surface area contributed by atoms with Crippen molar-refractivity contribution >= 4 is 0 Å². The Bertz CT molecular complexity index is 1050. The molecule has 1 saturated heterocycles. The number of hydrogen-bond acceptors (Lipinski definition) is 3. The third-order valence-corrected chi connectivity index (χ3v) is 7.51. The lowest BCUT2D eigenvalue weighted by molar-refractivity contribution is -0.175. The molecule has 0 bridgehead atoms. The summed E-state index contributed by atoms with van der Waals surface area (Å²) in [6.45, 7) is 4.98. The van der Waals surface area contributed by atoms with Gasteiger partial charge in [-0.15, -0.1) is 0 Å². The molecule has 1 unspecified atom stereocenters. The van der Waals surface area contributed by atoms with Gasteiger partial charge in [0.2, 0.25) is 5.82 Å². The second-order valence-corrected chi connectivity index (χ2v) is 9.62. The molecule has 1 aliphatic heterocycles. The van der Waals surface area contributed by atoms with E-state index < -0.39 is 23.3 Å². The maximum absolute atomic E-state index is 15.1. The van der Waals surface area contributed by atoms with Gasteiger partial charge in [-0.05, 0) is 87.8 Å². The fraction of sp³-hybridized carbons (Fsp3) is 0.517. The summed E-state index contributed by atoms with van der Waals surface area (Å²) in [6, 6.07) is 5.31. The van der Waals surface area contributed by atoms with Crippen molar-refractivity contribution in [3.63, 3.8) is 0 Å². The highest BCUT2D eigenvalue weighted by atomic mass is 19.2. The second-order valence-electron chi connectivity index (χ2n) is 9.62. The Morgan fingerprint density at radius 2 is 1.50 bits per heavy atom. The first-order valence-electron chi connectivity index (χ1n) is 12.9. The third kappa shape index (κ3) is 5.78. The van der Waals surface area contributed by atoms with E-state index in [1.54, 1.807) is 6.92 Å². The molecule has 2 aromatic carbocycles. The average molecular weight is 507 g/mol. The van der Waals surface area contributed by atoms with E-state index >= 15 is 8.78 Å². The summed E-state index contributed by atoms with van der Waals surface area (Å²) in [5.74, 6) is -4.01. The van der Waals surface area contributed by atoms with Crippen LogP contribution in [0.15, 0.2) is 36.4 Å². The van der Waals surface area contributed by atoms with Crippen molar-refractivity contribution < 1.29 is 31.8 Å². The van der Waals surface area contributed by atoms with Gasteiger partial charge in [0.1, 0.15) is 0 Å². The quantitative estimate of drug-likeness (QED) is 0.269.